The fourth-order valence-corrected chi connectivity index (χ4v) is 3.12. The van der Waals surface area contributed by atoms with E-state index in [0.717, 1.165) is 46.6 Å². The van der Waals surface area contributed by atoms with E-state index in [2.05, 4.69) is 20.5 Å². The SMILES string of the molecule is CCOc1ccc2[nH]nc(-c3ccnc(NC4(COC)CC4)c3)c2c1. The van der Waals surface area contributed by atoms with Crippen molar-refractivity contribution in [2.75, 3.05) is 25.6 Å². The van der Waals surface area contributed by atoms with E-state index in [1.165, 1.54) is 0 Å². The number of methoxy groups -OCH3 is 1. The highest BCUT2D eigenvalue weighted by atomic mass is 16.5. The monoisotopic (exact) mass is 338 g/mol. The van der Waals surface area contributed by atoms with Crippen LogP contribution in [0.2, 0.25) is 0 Å². The maximum absolute atomic E-state index is 5.62. The Labute approximate surface area is 146 Å². The second-order valence-corrected chi connectivity index (χ2v) is 6.48. The van der Waals surface area contributed by atoms with E-state index in [1.807, 2.05) is 43.5 Å². The van der Waals surface area contributed by atoms with E-state index in [0.29, 0.717) is 13.2 Å². The summed E-state index contributed by atoms with van der Waals surface area (Å²) in [6.07, 6.45) is 4.03. The van der Waals surface area contributed by atoms with Crippen LogP contribution in [-0.2, 0) is 4.74 Å². The molecule has 0 amide bonds. The van der Waals surface area contributed by atoms with Crippen LogP contribution >= 0.6 is 0 Å². The number of anilines is 1. The molecule has 1 fully saturated rings. The molecule has 25 heavy (non-hydrogen) atoms. The van der Waals surface area contributed by atoms with Crippen molar-refractivity contribution in [3.63, 3.8) is 0 Å². The van der Waals surface area contributed by atoms with Crippen LogP contribution in [0.3, 0.4) is 0 Å². The molecule has 0 radical (unpaired) electrons. The number of aromatic amines is 1. The first-order chi connectivity index (χ1) is 12.2. The van der Waals surface area contributed by atoms with Crippen molar-refractivity contribution >= 4 is 16.7 Å². The van der Waals surface area contributed by atoms with E-state index < -0.39 is 0 Å². The summed E-state index contributed by atoms with van der Waals surface area (Å²) in [5, 5.41) is 12.1. The van der Waals surface area contributed by atoms with Crippen LogP contribution in [0.1, 0.15) is 19.8 Å². The Morgan fingerprint density at radius 3 is 2.88 bits per heavy atom. The number of rotatable bonds is 7. The molecular weight excluding hydrogens is 316 g/mol. The van der Waals surface area contributed by atoms with Crippen LogP contribution in [0.5, 0.6) is 5.75 Å². The van der Waals surface area contributed by atoms with Gasteiger partial charge in [-0.15, -0.1) is 0 Å². The predicted octanol–water partition coefficient (Wildman–Crippen LogP) is 3.61. The molecular formula is C19H22N4O2. The summed E-state index contributed by atoms with van der Waals surface area (Å²) >= 11 is 0. The van der Waals surface area contributed by atoms with Crippen LogP contribution in [0.15, 0.2) is 36.5 Å². The van der Waals surface area contributed by atoms with Crippen LogP contribution < -0.4 is 10.1 Å². The Balaban J connectivity index is 1.66. The molecule has 1 aliphatic rings. The molecule has 0 aliphatic heterocycles. The first kappa shape index (κ1) is 15.9. The number of pyridine rings is 1. The fraction of sp³-hybridized carbons (Fsp3) is 0.368. The van der Waals surface area contributed by atoms with Crippen LogP contribution in [0.4, 0.5) is 5.82 Å². The number of nitrogens with zero attached hydrogens (tertiary/aromatic N) is 2. The van der Waals surface area contributed by atoms with Crippen LogP contribution in [0.25, 0.3) is 22.2 Å². The van der Waals surface area contributed by atoms with Gasteiger partial charge in [-0.25, -0.2) is 4.98 Å². The van der Waals surface area contributed by atoms with Gasteiger partial charge in [0.25, 0.3) is 0 Å². The second kappa shape index (κ2) is 6.37. The molecule has 6 nitrogen and oxygen atoms in total. The average molecular weight is 338 g/mol. The van der Waals surface area contributed by atoms with Gasteiger partial charge >= 0.3 is 0 Å². The third kappa shape index (κ3) is 3.17. The highest BCUT2D eigenvalue weighted by Gasteiger charge is 2.43. The zero-order valence-electron chi connectivity index (χ0n) is 14.5. The lowest BCUT2D eigenvalue weighted by Crippen LogP contribution is -2.27. The number of aromatic nitrogens is 3. The van der Waals surface area contributed by atoms with Gasteiger partial charge < -0.3 is 14.8 Å². The first-order valence-electron chi connectivity index (χ1n) is 8.57. The van der Waals surface area contributed by atoms with Crippen molar-refractivity contribution in [2.24, 2.45) is 0 Å². The van der Waals surface area contributed by atoms with Crippen LogP contribution in [0, 0.1) is 0 Å². The minimum Gasteiger partial charge on any atom is -0.494 e. The summed E-state index contributed by atoms with van der Waals surface area (Å²) < 4.78 is 10.9. The van der Waals surface area contributed by atoms with Crippen molar-refractivity contribution in [1.82, 2.24) is 15.2 Å². The molecule has 0 unspecified atom stereocenters. The van der Waals surface area contributed by atoms with Gasteiger partial charge in [0.15, 0.2) is 0 Å². The topological polar surface area (TPSA) is 72.1 Å². The smallest absolute Gasteiger partial charge is 0.127 e. The number of fused-ring (bicyclic) bond motifs is 1. The molecule has 130 valence electrons. The average Bonchev–Trinajstić information content (AvgIpc) is 3.23. The zero-order chi connectivity index (χ0) is 17.3. The highest BCUT2D eigenvalue weighted by Crippen LogP contribution is 2.39. The summed E-state index contributed by atoms with van der Waals surface area (Å²) in [4.78, 5) is 4.45. The number of nitrogens with one attached hydrogen (secondary N) is 2. The Morgan fingerprint density at radius 1 is 1.24 bits per heavy atom. The molecule has 2 aromatic heterocycles. The van der Waals surface area contributed by atoms with Gasteiger partial charge in [-0.1, -0.05) is 0 Å². The lowest BCUT2D eigenvalue weighted by Gasteiger charge is -2.17. The number of benzene rings is 1. The summed E-state index contributed by atoms with van der Waals surface area (Å²) in [6, 6.07) is 9.99. The van der Waals surface area contributed by atoms with Gasteiger partial charge in [-0.3, -0.25) is 5.10 Å². The summed E-state index contributed by atoms with van der Waals surface area (Å²) in [5.41, 5.74) is 2.95. The lowest BCUT2D eigenvalue weighted by molar-refractivity contribution is 0.179. The largest absolute Gasteiger partial charge is 0.494 e. The molecule has 0 atom stereocenters. The molecule has 6 heteroatoms. The van der Waals surface area contributed by atoms with Crippen molar-refractivity contribution < 1.29 is 9.47 Å². The minimum absolute atomic E-state index is 0.0378. The van der Waals surface area contributed by atoms with Crippen LogP contribution in [-0.4, -0.2) is 41.0 Å². The lowest BCUT2D eigenvalue weighted by atomic mass is 10.1. The van der Waals surface area contributed by atoms with Gasteiger partial charge in [0.2, 0.25) is 0 Å². The summed E-state index contributed by atoms with van der Waals surface area (Å²) in [6.45, 7) is 3.32. The predicted molar refractivity (Wildman–Crippen MR) is 98.0 cm³/mol. The normalized spacial score (nSPS) is 15.3. The van der Waals surface area contributed by atoms with E-state index in [-0.39, 0.29) is 5.54 Å². The summed E-state index contributed by atoms with van der Waals surface area (Å²) in [5.74, 6) is 1.70. The second-order valence-electron chi connectivity index (χ2n) is 6.48. The number of ether oxygens (including phenoxy) is 2. The molecule has 0 spiro atoms. The quantitative estimate of drug-likeness (QED) is 0.688. The molecule has 2 N–H and O–H groups in total. The van der Waals surface area contributed by atoms with E-state index in [4.69, 9.17) is 9.47 Å². The molecule has 2 heterocycles. The minimum atomic E-state index is 0.0378. The Kier molecular flexibility index (Phi) is 4.05. The third-order valence-electron chi connectivity index (χ3n) is 4.55. The molecule has 1 aromatic carbocycles. The molecule has 4 rings (SSSR count). The summed E-state index contributed by atoms with van der Waals surface area (Å²) in [7, 11) is 1.73. The Bertz CT molecular complexity index is 886. The standard InChI is InChI=1S/C19H22N4O2/c1-3-25-14-4-5-16-15(11-14)18(23-22-16)13-6-9-20-17(10-13)21-19(7-8-19)12-24-2/h4-6,9-11H,3,7-8,12H2,1-2H3,(H,20,21)(H,22,23). The van der Waals surface area contributed by atoms with Crippen molar-refractivity contribution in [3.8, 4) is 17.0 Å². The molecule has 1 saturated carbocycles. The van der Waals surface area contributed by atoms with E-state index >= 15 is 0 Å². The van der Waals surface area contributed by atoms with Gasteiger partial charge in [-0.2, -0.15) is 5.10 Å². The van der Waals surface area contributed by atoms with Gasteiger partial charge in [0, 0.05) is 24.3 Å². The Hall–Kier alpha value is -2.60. The maximum Gasteiger partial charge on any atom is 0.127 e. The molecule has 3 aromatic rings. The number of hydrogen-bond acceptors (Lipinski definition) is 5. The van der Waals surface area contributed by atoms with E-state index in [9.17, 15) is 0 Å². The van der Waals surface area contributed by atoms with Gasteiger partial charge in [0.05, 0.1) is 24.3 Å². The third-order valence-corrected chi connectivity index (χ3v) is 4.55. The maximum atomic E-state index is 5.62. The number of H-pyrrole nitrogens is 1. The molecule has 1 aliphatic carbocycles. The van der Waals surface area contributed by atoms with E-state index in [1.54, 1.807) is 7.11 Å². The first-order valence-corrected chi connectivity index (χ1v) is 8.57. The van der Waals surface area contributed by atoms with Gasteiger partial charge in [0.1, 0.15) is 17.3 Å². The van der Waals surface area contributed by atoms with Crippen molar-refractivity contribution in [2.45, 2.75) is 25.3 Å². The fourth-order valence-electron chi connectivity index (χ4n) is 3.12. The number of hydrogen-bond donors (Lipinski definition) is 2. The molecule has 0 saturated heterocycles. The zero-order valence-corrected chi connectivity index (χ0v) is 14.5. The Morgan fingerprint density at radius 2 is 2.12 bits per heavy atom. The highest BCUT2D eigenvalue weighted by molar-refractivity contribution is 5.94. The molecule has 0 bridgehead atoms. The van der Waals surface area contributed by atoms with Gasteiger partial charge in [-0.05, 0) is 50.1 Å². The van der Waals surface area contributed by atoms with Crippen molar-refractivity contribution in [1.29, 1.82) is 0 Å². The van der Waals surface area contributed by atoms with Crippen molar-refractivity contribution in [3.05, 3.63) is 36.5 Å².